The lowest BCUT2D eigenvalue weighted by Gasteiger charge is -2.12. The monoisotopic (exact) mass is 307 g/mol. The standard InChI is InChI=1S/C13H11NO6.C2H6/c15-7-9-1-3-10(4-2-9)19-8-13(18)20-14-11(16)5-6-12(14)17;1-2/h1-4,7H,5-6,8H2;1-2H3. The van der Waals surface area contributed by atoms with Crippen molar-refractivity contribution in [2.45, 2.75) is 26.7 Å². The van der Waals surface area contributed by atoms with Crippen LogP contribution < -0.4 is 4.74 Å². The molecule has 0 aromatic heterocycles. The van der Waals surface area contributed by atoms with Crippen molar-refractivity contribution >= 4 is 24.1 Å². The normalized spacial score (nSPS) is 13.3. The molecule has 0 bridgehead atoms. The molecule has 0 N–H and O–H groups in total. The van der Waals surface area contributed by atoms with Crippen LogP contribution in [0.5, 0.6) is 5.75 Å². The first-order valence-electron chi connectivity index (χ1n) is 6.85. The van der Waals surface area contributed by atoms with Gasteiger partial charge in [0, 0.05) is 18.4 Å². The van der Waals surface area contributed by atoms with Gasteiger partial charge in [0.05, 0.1) is 0 Å². The van der Waals surface area contributed by atoms with Gasteiger partial charge in [0.25, 0.3) is 11.8 Å². The van der Waals surface area contributed by atoms with Crippen LogP contribution in [-0.2, 0) is 19.2 Å². The molecule has 7 heteroatoms. The van der Waals surface area contributed by atoms with Gasteiger partial charge < -0.3 is 9.57 Å². The molecule has 0 unspecified atom stereocenters. The van der Waals surface area contributed by atoms with Crippen molar-refractivity contribution in [2.75, 3.05) is 6.61 Å². The van der Waals surface area contributed by atoms with Crippen molar-refractivity contribution < 1.29 is 28.8 Å². The van der Waals surface area contributed by atoms with Gasteiger partial charge >= 0.3 is 5.97 Å². The van der Waals surface area contributed by atoms with Gasteiger partial charge in [-0.25, -0.2) is 4.79 Å². The average molecular weight is 307 g/mol. The summed E-state index contributed by atoms with van der Waals surface area (Å²) in [5, 5.41) is 0.460. The number of benzene rings is 1. The van der Waals surface area contributed by atoms with Crippen LogP contribution in [0.25, 0.3) is 0 Å². The summed E-state index contributed by atoms with van der Waals surface area (Å²) < 4.78 is 5.11. The zero-order valence-corrected chi connectivity index (χ0v) is 12.4. The van der Waals surface area contributed by atoms with Crippen molar-refractivity contribution in [1.82, 2.24) is 5.06 Å². The molecular formula is C15H17NO6. The van der Waals surface area contributed by atoms with Crippen molar-refractivity contribution in [2.24, 2.45) is 0 Å². The van der Waals surface area contributed by atoms with Crippen LogP contribution in [0, 0.1) is 0 Å². The van der Waals surface area contributed by atoms with E-state index >= 15 is 0 Å². The van der Waals surface area contributed by atoms with E-state index in [1.807, 2.05) is 13.8 Å². The summed E-state index contributed by atoms with van der Waals surface area (Å²) in [6, 6.07) is 6.09. The summed E-state index contributed by atoms with van der Waals surface area (Å²) in [5.41, 5.74) is 0.480. The van der Waals surface area contributed by atoms with Crippen LogP contribution in [-0.4, -0.2) is 35.7 Å². The average Bonchev–Trinajstić information content (AvgIpc) is 2.87. The molecule has 1 fully saturated rings. The number of carbonyl (C=O) groups is 4. The Morgan fingerprint density at radius 1 is 1.14 bits per heavy atom. The van der Waals surface area contributed by atoms with Gasteiger partial charge in [0.2, 0.25) is 0 Å². The van der Waals surface area contributed by atoms with E-state index in [0.29, 0.717) is 22.7 Å². The van der Waals surface area contributed by atoms with E-state index in [2.05, 4.69) is 4.84 Å². The zero-order chi connectivity index (χ0) is 16.5. The molecule has 0 spiro atoms. The Hall–Kier alpha value is -2.70. The summed E-state index contributed by atoms with van der Waals surface area (Å²) >= 11 is 0. The third kappa shape index (κ3) is 4.69. The molecule has 118 valence electrons. The Labute approximate surface area is 127 Å². The molecule has 0 radical (unpaired) electrons. The summed E-state index contributed by atoms with van der Waals surface area (Å²) in [6.07, 6.45) is 0.767. The Morgan fingerprint density at radius 2 is 1.68 bits per heavy atom. The molecule has 1 aromatic rings. The van der Waals surface area contributed by atoms with E-state index in [0.717, 1.165) is 0 Å². The van der Waals surface area contributed by atoms with Crippen molar-refractivity contribution in [3.63, 3.8) is 0 Å². The van der Waals surface area contributed by atoms with Crippen LogP contribution in [0.15, 0.2) is 24.3 Å². The van der Waals surface area contributed by atoms with E-state index in [1.54, 1.807) is 0 Å². The number of imide groups is 1. The number of hydrogen-bond acceptors (Lipinski definition) is 6. The number of rotatable bonds is 5. The van der Waals surface area contributed by atoms with Crippen LogP contribution >= 0.6 is 0 Å². The fourth-order valence-corrected chi connectivity index (χ4v) is 1.57. The van der Waals surface area contributed by atoms with Gasteiger partial charge in [-0.15, -0.1) is 5.06 Å². The van der Waals surface area contributed by atoms with Crippen LogP contribution in [0.4, 0.5) is 0 Å². The predicted octanol–water partition coefficient (Wildman–Crippen LogP) is 1.51. The third-order valence-electron chi connectivity index (χ3n) is 2.57. The first-order chi connectivity index (χ1) is 10.6. The highest BCUT2D eigenvalue weighted by Crippen LogP contribution is 2.13. The summed E-state index contributed by atoms with van der Waals surface area (Å²) in [6.45, 7) is 3.55. The molecule has 0 aliphatic carbocycles. The fourth-order valence-electron chi connectivity index (χ4n) is 1.57. The van der Waals surface area contributed by atoms with Gasteiger partial charge in [-0.2, -0.15) is 0 Å². The van der Waals surface area contributed by atoms with Gasteiger partial charge in [-0.3, -0.25) is 14.4 Å². The van der Waals surface area contributed by atoms with Crippen LogP contribution in [0.2, 0.25) is 0 Å². The molecule has 0 saturated carbocycles. The van der Waals surface area contributed by atoms with Gasteiger partial charge in [-0.1, -0.05) is 13.8 Å². The first kappa shape index (κ1) is 17.4. The Kier molecular flexibility index (Phi) is 6.75. The maximum atomic E-state index is 11.4. The van der Waals surface area contributed by atoms with Crippen molar-refractivity contribution in [3.05, 3.63) is 29.8 Å². The second kappa shape index (κ2) is 8.56. The van der Waals surface area contributed by atoms with E-state index in [1.165, 1.54) is 24.3 Å². The lowest BCUT2D eigenvalue weighted by atomic mass is 10.2. The number of ether oxygens (including phenoxy) is 1. The predicted molar refractivity (Wildman–Crippen MR) is 75.9 cm³/mol. The quantitative estimate of drug-likeness (QED) is 0.605. The molecule has 7 nitrogen and oxygen atoms in total. The van der Waals surface area contributed by atoms with Crippen LogP contribution in [0.3, 0.4) is 0 Å². The highest BCUT2D eigenvalue weighted by atomic mass is 16.7. The van der Waals surface area contributed by atoms with E-state index in [-0.39, 0.29) is 12.8 Å². The molecular weight excluding hydrogens is 290 g/mol. The van der Waals surface area contributed by atoms with Gasteiger partial charge in [0.1, 0.15) is 12.0 Å². The number of amides is 2. The number of hydroxylamine groups is 2. The minimum atomic E-state index is -0.854. The maximum Gasteiger partial charge on any atom is 0.370 e. The summed E-state index contributed by atoms with van der Waals surface area (Å²) in [7, 11) is 0. The second-order valence-electron chi connectivity index (χ2n) is 4.02. The zero-order valence-electron chi connectivity index (χ0n) is 12.4. The van der Waals surface area contributed by atoms with Gasteiger partial charge in [0.15, 0.2) is 6.61 Å². The summed E-state index contributed by atoms with van der Waals surface area (Å²) in [5.74, 6) is -1.57. The minimum Gasteiger partial charge on any atom is -0.482 e. The number of nitrogens with zero attached hydrogens (tertiary/aromatic N) is 1. The Balaban J connectivity index is 0.00000116. The number of carbonyl (C=O) groups excluding carboxylic acids is 4. The minimum absolute atomic E-state index is 0.0418. The second-order valence-corrected chi connectivity index (χ2v) is 4.02. The van der Waals surface area contributed by atoms with E-state index in [4.69, 9.17) is 4.74 Å². The van der Waals surface area contributed by atoms with E-state index < -0.39 is 24.4 Å². The van der Waals surface area contributed by atoms with Gasteiger partial charge in [-0.05, 0) is 24.3 Å². The molecule has 2 amide bonds. The van der Waals surface area contributed by atoms with Crippen LogP contribution in [0.1, 0.15) is 37.0 Å². The molecule has 1 heterocycles. The molecule has 2 rings (SSSR count). The first-order valence-corrected chi connectivity index (χ1v) is 6.85. The van der Waals surface area contributed by atoms with E-state index in [9.17, 15) is 19.2 Å². The lowest BCUT2D eigenvalue weighted by molar-refractivity contribution is -0.198. The highest BCUT2D eigenvalue weighted by molar-refractivity contribution is 6.01. The molecule has 22 heavy (non-hydrogen) atoms. The smallest absolute Gasteiger partial charge is 0.370 e. The number of hydrogen-bond donors (Lipinski definition) is 0. The SMILES string of the molecule is CC.O=Cc1ccc(OCC(=O)ON2C(=O)CCC2=O)cc1. The number of aldehydes is 1. The molecule has 1 aliphatic rings. The molecule has 1 aliphatic heterocycles. The maximum absolute atomic E-state index is 11.4. The highest BCUT2D eigenvalue weighted by Gasteiger charge is 2.32. The topological polar surface area (TPSA) is 90.0 Å². The fraction of sp³-hybridized carbons (Fsp3) is 0.333. The Morgan fingerprint density at radius 3 is 2.18 bits per heavy atom. The third-order valence-corrected chi connectivity index (χ3v) is 2.57. The largest absolute Gasteiger partial charge is 0.482 e. The molecule has 0 atom stereocenters. The molecule has 1 saturated heterocycles. The van der Waals surface area contributed by atoms with Crippen molar-refractivity contribution in [3.8, 4) is 5.75 Å². The Bertz CT molecular complexity index is 536. The van der Waals surface area contributed by atoms with Crippen molar-refractivity contribution in [1.29, 1.82) is 0 Å². The molecule has 1 aromatic carbocycles. The lowest BCUT2D eigenvalue weighted by Crippen LogP contribution is -2.33. The summed E-state index contributed by atoms with van der Waals surface area (Å²) in [4.78, 5) is 48.9.